The van der Waals surface area contributed by atoms with E-state index in [2.05, 4.69) is 0 Å². The molecule has 0 N–H and O–H groups in total. The predicted octanol–water partition coefficient (Wildman–Crippen LogP) is 3.37. The maximum atomic E-state index is 11.9. The lowest BCUT2D eigenvalue weighted by atomic mass is 10.3. The molecule has 7 heteroatoms. The van der Waals surface area contributed by atoms with Crippen LogP contribution in [0.1, 0.15) is 73.1 Å². The minimum absolute atomic E-state index is 0.193. The van der Waals surface area contributed by atoms with Gasteiger partial charge in [0.25, 0.3) is 17.9 Å². The van der Waals surface area contributed by atoms with E-state index in [0.29, 0.717) is 19.3 Å². The fraction of sp³-hybridized carbons (Fsp3) is 0.800. The summed E-state index contributed by atoms with van der Waals surface area (Å²) in [5, 5.41) is 0. The van der Waals surface area contributed by atoms with Crippen LogP contribution in [0.15, 0.2) is 0 Å². The van der Waals surface area contributed by atoms with Gasteiger partial charge in [0.2, 0.25) is 0 Å². The number of carbonyl (C=O) groups excluding carboxylic acids is 3. The SMILES string of the molecule is CCCC(=O)O[Si](OC(=O)CCC)(OC(=O)CCC)C(C)C. The Morgan fingerprint density at radius 2 is 1.00 bits per heavy atom. The molecule has 0 saturated heterocycles. The van der Waals surface area contributed by atoms with E-state index in [1.165, 1.54) is 0 Å². The van der Waals surface area contributed by atoms with Gasteiger partial charge < -0.3 is 13.3 Å². The minimum atomic E-state index is -3.72. The van der Waals surface area contributed by atoms with Gasteiger partial charge in [0.1, 0.15) is 0 Å². The molecule has 0 fully saturated rings. The number of rotatable bonds is 10. The minimum Gasteiger partial charge on any atom is -0.455 e. The maximum absolute atomic E-state index is 11.9. The average molecular weight is 332 g/mol. The molecule has 22 heavy (non-hydrogen) atoms. The molecule has 0 heterocycles. The van der Waals surface area contributed by atoms with Crippen LogP contribution < -0.4 is 0 Å². The van der Waals surface area contributed by atoms with Gasteiger partial charge in [-0.2, -0.15) is 0 Å². The van der Waals surface area contributed by atoms with Gasteiger partial charge in [-0.3, -0.25) is 14.4 Å². The second-order valence-electron chi connectivity index (χ2n) is 5.43. The maximum Gasteiger partial charge on any atom is 0.707 e. The van der Waals surface area contributed by atoms with Gasteiger partial charge in [0.15, 0.2) is 0 Å². The molecule has 0 aliphatic carbocycles. The first-order chi connectivity index (χ1) is 10.3. The van der Waals surface area contributed by atoms with Crippen molar-refractivity contribution >= 4 is 26.7 Å². The Morgan fingerprint density at radius 3 is 1.18 bits per heavy atom. The second-order valence-corrected chi connectivity index (χ2v) is 8.40. The van der Waals surface area contributed by atoms with E-state index in [0.717, 1.165) is 0 Å². The molecule has 6 nitrogen and oxygen atoms in total. The normalized spacial score (nSPS) is 11.2. The van der Waals surface area contributed by atoms with Crippen LogP contribution in [0.2, 0.25) is 5.54 Å². The van der Waals surface area contributed by atoms with Crippen molar-refractivity contribution in [3.05, 3.63) is 0 Å². The van der Waals surface area contributed by atoms with E-state index >= 15 is 0 Å². The van der Waals surface area contributed by atoms with Crippen molar-refractivity contribution in [1.29, 1.82) is 0 Å². The molecule has 0 rings (SSSR count). The van der Waals surface area contributed by atoms with Crippen LogP contribution in [0.25, 0.3) is 0 Å². The third-order valence-electron chi connectivity index (χ3n) is 2.84. The van der Waals surface area contributed by atoms with Gasteiger partial charge in [0.05, 0.1) is 5.54 Å². The Bertz CT molecular complexity index is 330. The fourth-order valence-electron chi connectivity index (χ4n) is 1.66. The molecule has 0 atom stereocenters. The van der Waals surface area contributed by atoms with Gasteiger partial charge >= 0.3 is 8.80 Å². The summed E-state index contributed by atoms with van der Waals surface area (Å²) in [5.74, 6) is -1.51. The van der Waals surface area contributed by atoms with Gasteiger partial charge in [-0.1, -0.05) is 34.6 Å². The highest BCUT2D eigenvalue weighted by Gasteiger charge is 2.56. The van der Waals surface area contributed by atoms with Crippen LogP contribution in [-0.2, 0) is 27.7 Å². The molecule has 0 aliphatic rings. The standard InChI is InChI=1S/C15H28O6Si/c1-6-9-13(16)19-22(12(4)5,20-14(17)10-7-2)21-15(18)11-8-3/h12H,6-11H2,1-5H3. The molecule has 0 aromatic heterocycles. The molecular weight excluding hydrogens is 304 g/mol. The first kappa shape index (κ1) is 20.6. The third kappa shape index (κ3) is 7.06. The lowest BCUT2D eigenvalue weighted by Crippen LogP contribution is -2.52. The van der Waals surface area contributed by atoms with E-state index in [9.17, 15) is 14.4 Å². The third-order valence-corrected chi connectivity index (χ3v) is 5.79. The smallest absolute Gasteiger partial charge is 0.455 e. The lowest BCUT2D eigenvalue weighted by molar-refractivity contribution is -0.151. The predicted molar refractivity (Wildman–Crippen MR) is 83.9 cm³/mol. The quantitative estimate of drug-likeness (QED) is 0.571. The summed E-state index contributed by atoms with van der Waals surface area (Å²) in [6.07, 6.45) is 2.39. The van der Waals surface area contributed by atoms with Crippen molar-refractivity contribution in [2.45, 2.75) is 78.7 Å². The van der Waals surface area contributed by atoms with Crippen molar-refractivity contribution in [2.24, 2.45) is 0 Å². The summed E-state index contributed by atoms with van der Waals surface area (Å²) >= 11 is 0. The molecule has 0 aromatic carbocycles. The molecule has 0 spiro atoms. The first-order valence-corrected chi connectivity index (χ1v) is 9.76. The van der Waals surface area contributed by atoms with E-state index in [-0.39, 0.29) is 24.8 Å². The molecule has 0 bridgehead atoms. The Hall–Kier alpha value is -1.37. The summed E-state index contributed by atoms with van der Waals surface area (Å²) in [6, 6.07) is 0. The monoisotopic (exact) mass is 332 g/mol. The van der Waals surface area contributed by atoms with Crippen LogP contribution in [0.4, 0.5) is 0 Å². The highest BCUT2D eigenvalue weighted by molar-refractivity contribution is 6.67. The number of carbonyl (C=O) groups is 3. The molecule has 0 aliphatic heterocycles. The summed E-state index contributed by atoms with van der Waals surface area (Å²) in [6.45, 7) is 8.97. The van der Waals surface area contributed by atoms with E-state index in [1.807, 2.05) is 20.8 Å². The van der Waals surface area contributed by atoms with Gasteiger partial charge in [0, 0.05) is 19.3 Å². The molecule has 0 unspecified atom stereocenters. The van der Waals surface area contributed by atoms with Crippen molar-refractivity contribution < 1.29 is 27.7 Å². The molecule has 0 amide bonds. The Labute approximate surface area is 133 Å². The van der Waals surface area contributed by atoms with Gasteiger partial charge in [-0.25, -0.2) is 0 Å². The lowest BCUT2D eigenvalue weighted by Gasteiger charge is -2.30. The average Bonchev–Trinajstić information content (AvgIpc) is 2.38. The second kappa shape index (κ2) is 10.4. The molecule has 0 saturated carbocycles. The highest BCUT2D eigenvalue weighted by atomic mass is 28.4. The zero-order chi connectivity index (χ0) is 17.2. The first-order valence-electron chi connectivity index (χ1n) is 7.96. The Balaban J connectivity index is 5.29. The highest BCUT2D eigenvalue weighted by Crippen LogP contribution is 2.27. The van der Waals surface area contributed by atoms with E-state index in [1.54, 1.807) is 13.8 Å². The number of hydrogen-bond donors (Lipinski definition) is 0. The summed E-state index contributed by atoms with van der Waals surface area (Å²) < 4.78 is 16.2. The van der Waals surface area contributed by atoms with Crippen molar-refractivity contribution in [3.8, 4) is 0 Å². The van der Waals surface area contributed by atoms with Gasteiger partial charge in [-0.05, 0) is 19.3 Å². The Morgan fingerprint density at radius 1 is 0.727 bits per heavy atom. The zero-order valence-electron chi connectivity index (χ0n) is 14.3. The topological polar surface area (TPSA) is 78.9 Å². The van der Waals surface area contributed by atoms with Gasteiger partial charge in [-0.15, -0.1) is 0 Å². The fourth-order valence-corrected chi connectivity index (χ4v) is 3.75. The molecular formula is C15H28O6Si. The van der Waals surface area contributed by atoms with Crippen LogP contribution in [0.5, 0.6) is 0 Å². The summed E-state index contributed by atoms with van der Waals surface area (Å²) in [4.78, 5) is 35.6. The van der Waals surface area contributed by atoms with E-state index in [4.69, 9.17) is 13.3 Å². The molecule has 0 radical (unpaired) electrons. The van der Waals surface area contributed by atoms with E-state index < -0.39 is 26.7 Å². The number of hydrogen-bond acceptors (Lipinski definition) is 6. The molecule has 0 aromatic rings. The Kier molecular flexibility index (Phi) is 9.72. The van der Waals surface area contributed by atoms with Crippen molar-refractivity contribution in [2.75, 3.05) is 0 Å². The molecule has 128 valence electrons. The van der Waals surface area contributed by atoms with Crippen LogP contribution in [0, 0.1) is 0 Å². The largest absolute Gasteiger partial charge is 0.707 e. The van der Waals surface area contributed by atoms with Crippen LogP contribution in [-0.4, -0.2) is 26.7 Å². The van der Waals surface area contributed by atoms with Crippen LogP contribution in [0.3, 0.4) is 0 Å². The van der Waals surface area contributed by atoms with Crippen molar-refractivity contribution in [3.63, 3.8) is 0 Å². The summed E-state index contributed by atoms with van der Waals surface area (Å²) in [5.41, 5.74) is -0.380. The van der Waals surface area contributed by atoms with Crippen LogP contribution >= 0.6 is 0 Å². The zero-order valence-corrected chi connectivity index (χ0v) is 15.3. The van der Waals surface area contributed by atoms with Crippen molar-refractivity contribution in [1.82, 2.24) is 0 Å². The summed E-state index contributed by atoms with van der Waals surface area (Å²) in [7, 11) is -3.72.